The van der Waals surface area contributed by atoms with Crippen molar-refractivity contribution in [2.45, 2.75) is 50.7 Å². The molecule has 5 heteroatoms. The quantitative estimate of drug-likeness (QED) is 0.653. The number of methoxy groups -OCH3 is 1. The summed E-state index contributed by atoms with van der Waals surface area (Å²) >= 11 is 0. The van der Waals surface area contributed by atoms with Gasteiger partial charge < -0.3 is 20.5 Å². The van der Waals surface area contributed by atoms with E-state index in [1.165, 1.54) is 19.3 Å². The summed E-state index contributed by atoms with van der Waals surface area (Å²) in [6, 6.07) is 0.203. The Morgan fingerprint density at radius 2 is 2.12 bits per heavy atom. The summed E-state index contributed by atoms with van der Waals surface area (Å²) in [5.41, 5.74) is 0. The van der Waals surface area contributed by atoms with Crippen molar-refractivity contribution in [2.24, 2.45) is 0 Å². The van der Waals surface area contributed by atoms with Gasteiger partial charge >= 0.3 is 6.03 Å². The molecule has 0 spiro atoms. The molecular weight excluding hydrogens is 220 g/mol. The van der Waals surface area contributed by atoms with Crippen LogP contribution in [0.15, 0.2) is 0 Å². The van der Waals surface area contributed by atoms with Crippen molar-refractivity contribution < 1.29 is 14.6 Å². The Morgan fingerprint density at radius 3 is 2.76 bits per heavy atom. The number of urea groups is 1. The highest BCUT2D eigenvalue weighted by Crippen LogP contribution is 2.16. The highest BCUT2D eigenvalue weighted by atomic mass is 16.5. The number of carbonyl (C=O) groups excluding carboxylic acids is 1. The van der Waals surface area contributed by atoms with Crippen LogP contribution >= 0.6 is 0 Å². The predicted octanol–water partition coefficient (Wildman–Crippen LogP) is 1.02. The normalized spacial score (nSPS) is 18.7. The number of hydrogen-bond donors (Lipinski definition) is 3. The second kappa shape index (κ2) is 8.31. The molecular formula is C12H24N2O3. The summed E-state index contributed by atoms with van der Waals surface area (Å²) in [4.78, 5) is 11.5. The molecule has 1 aliphatic rings. The third kappa shape index (κ3) is 6.48. The standard InChI is InChI=1S/C12H24N2O3/c1-17-9-11(15)7-8-13-12(16)14-10-5-3-2-4-6-10/h10-11,15H,2-9H2,1H3,(H2,13,14,16). The summed E-state index contributed by atoms with van der Waals surface area (Å²) in [5.74, 6) is 0. The number of ether oxygens (including phenoxy) is 1. The van der Waals surface area contributed by atoms with Crippen LogP contribution in [0.1, 0.15) is 38.5 Å². The Bertz CT molecular complexity index is 218. The van der Waals surface area contributed by atoms with E-state index in [1.54, 1.807) is 7.11 Å². The van der Waals surface area contributed by atoms with Crippen LogP contribution in [0.3, 0.4) is 0 Å². The number of aliphatic hydroxyl groups is 1. The van der Waals surface area contributed by atoms with Gasteiger partial charge in [-0.1, -0.05) is 19.3 Å². The van der Waals surface area contributed by atoms with Gasteiger partial charge in [0.2, 0.25) is 0 Å². The van der Waals surface area contributed by atoms with E-state index in [4.69, 9.17) is 4.74 Å². The molecule has 3 N–H and O–H groups in total. The van der Waals surface area contributed by atoms with Gasteiger partial charge in [-0.25, -0.2) is 4.79 Å². The maximum atomic E-state index is 11.5. The maximum Gasteiger partial charge on any atom is 0.315 e. The Morgan fingerprint density at radius 1 is 1.41 bits per heavy atom. The minimum absolute atomic E-state index is 0.124. The van der Waals surface area contributed by atoms with E-state index in [2.05, 4.69) is 10.6 Å². The molecule has 2 amide bonds. The van der Waals surface area contributed by atoms with Crippen LogP contribution in [0.2, 0.25) is 0 Å². The average molecular weight is 244 g/mol. The third-order valence-corrected chi connectivity index (χ3v) is 3.06. The first-order valence-electron chi connectivity index (χ1n) is 6.43. The monoisotopic (exact) mass is 244 g/mol. The molecule has 0 bridgehead atoms. The zero-order valence-corrected chi connectivity index (χ0v) is 10.6. The van der Waals surface area contributed by atoms with Crippen molar-refractivity contribution in [3.05, 3.63) is 0 Å². The summed E-state index contributed by atoms with van der Waals surface area (Å²) in [6.07, 6.45) is 5.87. The van der Waals surface area contributed by atoms with Crippen LogP contribution < -0.4 is 10.6 Å². The van der Waals surface area contributed by atoms with Gasteiger partial charge in [0.25, 0.3) is 0 Å². The van der Waals surface area contributed by atoms with Crippen LogP contribution in [-0.2, 0) is 4.74 Å². The third-order valence-electron chi connectivity index (χ3n) is 3.06. The fourth-order valence-corrected chi connectivity index (χ4v) is 2.11. The lowest BCUT2D eigenvalue weighted by Crippen LogP contribution is -2.43. The molecule has 0 heterocycles. The molecule has 1 rings (SSSR count). The van der Waals surface area contributed by atoms with Gasteiger partial charge in [-0.2, -0.15) is 0 Å². The van der Waals surface area contributed by atoms with Crippen molar-refractivity contribution in [3.8, 4) is 0 Å². The summed E-state index contributed by atoms with van der Waals surface area (Å²) in [6.45, 7) is 0.787. The largest absolute Gasteiger partial charge is 0.391 e. The van der Waals surface area contributed by atoms with E-state index in [0.29, 0.717) is 25.6 Å². The lowest BCUT2D eigenvalue weighted by atomic mass is 9.96. The number of amides is 2. The average Bonchev–Trinajstić information content (AvgIpc) is 2.30. The van der Waals surface area contributed by atoms with E-state index in [9.17, 15) is 9.90 Å². The van der Waals surface area contributed by atoms with Gasteiger partial charge in [0.05, 0.1) is 12.7 Å². The summed E-state index contributed by atoms with van der Waals surface area (Å²) < 4.78 is 4.80. The van der Waals surface area contributed by atoms with Crippen LogP contribution in [0, 0.1) is 0 Å². The first-order chi connectivity index (χ1) is 8.22. The van der Waals surface area contributed by atoms with Crippen molar-refractivity contribution in [2.75, 3.05) is 20.3 Å². The molecule has 1 saturated carbocycles. The van der Waals surface area contributed by atoms with E-state index >= 15 is 0 Å². The maximum absolute atomic E-state index is 11.5. The molecule has 0 aromatic rings. The van der Waals surface area contributed by atoms with E-state index in [-0.39, 0.29) is 6.03 Å². The Balaban J connectivity index is 2.04. The first kappa shape index (κ1) is 14.3. The molecule has 0 aliphatic heterocycles. The number of carbonyl (C=O) groups is 1. The molecule has 0 aromatic carbocycles. The second-order valence-electron chi connectivity index (χ2n) is 4.63. The lowest BCUT2D eigenvalue weighted by molar-refractivity contribution is 0.0598. The number of aliphatic hydroxyl groups excluding tert-OH is 1. The van der Waals surface area contributed by atoms with Gasteiger partial charge in [0.15, 0.2) is 0 Å². The number of rotatable bonds is 6. The van der Waals surface area contributed by atoms with Crippen molar-refractivity contribution in [3.63, 3.8) is 0 Å². The predicted molar refractivity (Wildman–Crippen MR) is 65.9 cm³/mol. The molecule has 100 valence electrons. The minimum atomic E-state index is -0.505. The molecule has 0 radical (unpaired) electrons. The van der Waals surface area contributed by atoms with Crippen LogP contribution in [0.5, 0.6) is 0 Å². The molecule has 1 fully saturated rings. The second-order valence-corrected chi connectivity index (χ2v) is 4.63. The Labute approximate surface area is 103 Å². The van der Waals surface area contributed by atoms with Crippen LogP contribution in [-0.4, -0.2) is 43.5 Å². The minimum Gasteiger partial charge on any atom is -0.391 e. The highest BCUT2D eigenvalue weighted by Gasteiger charge is 2.15. The van der Waals surface area contributed by atoms with Crippen LogP contribution in [0.25, 0.3) is 0 Å². The van der Waals surface area contributed by atoms with Crippen molar-refractivity contribution >= 4 is 6.03 Å². The van der Waals surface area contributed by atoms with E-state index < -0.39 is 6.10 Å². The molecule has 0 saturated heterocycles. The molecule has 1 atom stereocenters. The van der Waals surface area contributed by atoms with Gasteiger partial charge in [-0.3, -0.25) is 0 Å². The van der Waals surface area contributed by atoms with E-state index in [0.717, 1.165) is 12.8 Å². The number of hydrogen-bond acceptors (Lipinski definition) is 3. The lowest BCUT2D eigenvalue weighted by Gasteiger charge is -2.23. The molecule has 1 unspecified atom stereocenters. The van der Waals surface area contributed by atoms with Crippen molar-refractivity contribution in [1.29, 1.82) is 0 Å². The van der Waals surface area contributed by atoms with Gasteiger partial charge in [0.1, 0.15) is 0 Å². The van der Waals surface area contributed by atoms with Gasteiger partial charge in [0, 0.05) is 19.7 Å². The van der Waals surface area contributed by atoms with Crippen molar-refractivity contribution in [1.82, 2.24) is 10.6 Å². The van der Waals surface area contributed by atoms with Crippen LogP contribution in [0.4, 0.5) is 4.79 Å². The Hall–Kier alpha value is -0.810. The fraction of sp³-hybridized carbons (Fsp3) is 0.917. The number of nitrogens with one attached hydrogen (secondary N) is 2. The zero-order valence-electron chi connectivity index (χ0n) is 10.6. The fourth-order valence-electron chi connectivity index (χ4n) is 2.11. The molecule has 0 aromatic heterocycles. The SMILES string of the molecule is COCC(O)CCNC(=O)NC1CCCCC1. The topological polar surface area (TPSA) is 70.6 Å². The zero-order chi connectivity index (χ0) is 12.5. The molecule has 17 heavy (non-hydrogen) atoms. The Kier molecular flexibility index (Phi) is 6.96. The van der Waals surface area contributed by atoms with Gasteiger partial charge in [-0.05, 0) is 19.3 Å². The smallest absolute Gasteiger partial charge is 0.315 e. The first-order valence-corrected chi connectivity index (χ1v) is 6.43. The molecule has 1 aliphatic carbocycles. The summed E-state index contributed by atoms with van der Waals surface area (Å²) in [7, 11) is 1.55. The highest BCUT2D eigenvalue weighted by molar-refractivity contribution is 5.74. The van der Waals surface area contributed by atoms with Gasteiger partial charge in [-0.15, -0.1) is 0 Å². The summed E-state index contributed by atoms with van der Waals surface area (Å²) in [5, 5.41) is 15.1. The van der Waals surface area contributed by atoms with E-state index in [1.807, 2.05) is 0 Å². The molecule has 5 nitrogen and oxygen atoms in total.